The average Bonchev–Trinajstić information content (AvgIpc) is 2.61. The lowest BCUT2D eigenvalue weighted by Gasteiger charge is -2.14. The number of anilines is 1. The van der Waals surface area contributed by atoms with E-state index in [2.05, 4.69) is 10.1 Å². The molecule has 0 spiro atoms. The fourth-order valence-electron chi connectivity index (χ4n) is 1.94. The number of carbonyl (C=O) groups excluding carboxylic acids is 2. The lowest BCUT2D eigenvalue weighted by molar-refractivity contribution is -0.274. The van der Waals surface area contributed by atoms with Crippen molar-refractivity contribution in [3.8, 4) is 11.5 Å². The number of ether oxygens (including phenoxy) is 3. The molecule has 0 radical (unpaired) electrons. The van der Waals surface area contributed by atoms with Crippen LogP contribution < -0.4 is 14.8 Å². The molecule has 0 heterocycles. The predicted molar refractivity (Wildman–Crippen MR) is 89.2 cm³/mol. The van der Waals surface area contributed by atoms with Gasteiger partial charge in [-0.15, -0.1) is 13.2 Å². The summed E-state index contributed by atoms with van der Waals surface area (Å²) >= 11 is 0. The molecule has 0 saturated heterocycles. The molecule has 28 heavy (non-hydrogen) atoms. The SMILES string of the molecule is CC(OC(=O)COc1ccc(F)cc1)C(=O)Nc1ccc(OC(F)(F)F)cc1. The number of benzene rings is 2. The van der Waals surface area contributed by atoms with E-state index in [1.807, 2.05) is 0 Å². The van der Waals surface area contributed by atoms with Gasteiger partial charge in [0.1, 0.15) is 17.3 Å². The summed E-state index contributed by atoms with van der Waals surface area (Å²) in [5, 5.41) is 2.38. The molecule has 6 nitrogen and oxygen atoms in total. The van der Waals surface area contributed by atoms with Crippen LogP contribution in [0.25, 0.3) is 0 Å². The third-order valence-corrected chi connectivity index (χ3v) is 3.20. The van der Waals surface area contributed by atoms with E-state index in [4.69, 9.17) is 9.47 Å². The molecule has 0 fully saturated rings. The van der Waals surface area contributed by atoms with E-state index in [1.165, 1.54) is 31.2 Å². The van der Waals surface area contributed by atoms with Gasteiger partial charge in [-0.2, -0.15) is 0 Å². The summed E-state index contributed by atoms with van der Waals surface area (Å²) < 4.78 is 62.8. The second-order valence-corrected chi connectivity index (χ2v) is 5.44. The number of halogens is 4. The maximum absolute atomic E-state index is 12.8. The Balaban J connectivity index is 1.80. The summed E-state index contributed by atoms with van der Waals surface area (Å²) in [6.45, 7) is 0.818. The molecule has 0 saturated carbocycles. The quantitative estimate of drug-likeness (QED) is 0.566. The monoisotopic (exact) mass is 401 g/mol. The second-order valence-electron chi connectivity index (χ2n) is 5.44. The summed E-state index contributed by atoms with van der Waals surface area (Å²) in [5.74, 6) is -2.18. The highest BCUT2D eigenvalue weighted by atomic mass is 19.4. The van der Waals surface area contributed by atoms with Crippen LogP contribution in [0, 0.1) is 5.82 Å². The number of esters is 1. The van der Waals surface area contributed by atoms with E-state index >= 15 is 0 Å². The number of alkyl halides is 3. The van der Waals surface area contributed by atoms with Crippen molar-refractivity contribution < 1.29 is 41.4 Å². The van der Waals surface area contributed by atoms with E-state index in [-0.39, 0.29) is 11.4 Å². The molecule has 2 aromatic rings. The molecule has 0 bridgehead atoms. The Morgan fingerprint density at radius 3 is 2.14 bits per heavy atom. The van der Waals surface area contributed by atoms with Gasteiger partial charge in [-0.25, -0.2) is 9.18 Å². The highest BCUT2D eigenvalue weighted by Crippen LogP contribution is 2.24. The van der Waals surface area contributed by atoms with Gasteiger partial charge in [0.2, 0.25) is 0 Å². The zero-order valence-corrected chi connectivity index (χ0v) is 14.5. The van der Waals surface area contributed by atoms with Crippen LogP contribution in [-0.2, 0) is 14.3 Å². The molecule has 10 heteroatoms. The lowest BCUT2D eigenvalue weighted by atomic mass is 10.3. The molecule has 1 N–H and O–H groups in total. The van der Waals surface area contributed by atoms with Crippen molar-refractivity contribution >= 4 is 17.6 Å². The minimum absolute atomic E-state index is 0.185. The van der Waals surface area contributed by atoms with Crippen LogP contribution in [-0.4, -0.2) is 30.9 Å². The van der Waals surface area contributed by atoms with Gasteiger partial charge in [-0.3, -0.25) is 4.79 Å². The van der Waals surface area contributed by atoms with Crippen LogP contribution in [0.4, 0.5) is 23.2 Å². The van der Waals surface area contributed by atoms with E-state index in [1.54, 1.807) is 0 Å². The first kappa shape index (κ1) is 21.0. The topological polar surface area (TPSA) is 73.9 Å². The van der Waals surface area contributed by atoms with Gasteiger partial charge in [0.25, 0.3) is 5.91 Å². The van der Waals surface area contributed by atoms with Crippen molar-refractivity contribution in [3.63, 3.8) is 0 Å². The van der Waals surface area contributed by atoms with Crippen LogP contribution in [0.1, 0.15) is 6.92 Å². The van der Waals surface area contributed by atoms with Crippen molar-refractivity contribution in [1.82, 2.24) is 0 Å². The fraction of sp³-hybridized carbons (Fsp3) is 0.222. The van der Waals surface area contributed by atoms with Crippen LogP contribution in [0.2, 0.25) is 0 Å². The average molecular weight is 401 g/mol. The first-order valence-electron chi connectivity index (χ1n) is 7.87. The molecule has 0 aliphatic heterocycles. The Morgan fingerprint density at radius 1 is 1.00 bits per heavy atom. The number of hydrogen-bond donors (Lipinski definition) is 1. The number of hydrogen-bond acceptors (Lipinski definition) is 5. The Bertz CT molecular complexity index is 806. The molecular weight excluding hydrogens is 386 g/mol. The van der Waals surface area contributed by atoms with Crippen molar-refractivity contribution in [1.29, 1.82) is 0 Å². The third kappa shape index (κ3) is 7.14. The highest BCUT2D eigenvalue weighted by Gasteiger charge is 2.31. The molecule has 1 unspecified atom stereocenters. The number of nitrogens with one attached hydrogen (secondary N) is 1. The van der Waals surface area contributed by atoms with Gasteiger partial charge in [0.15, 0.2) is 12.7 Å². The van der Waals surface area contributed by atoms with Crippen molar-refractivity contribution in [2.45, 2.75) is 19.4 Å². The maximum atomic E-state index is 12.8. The summed E-state index contributed by atoms with van der Waals surface area (Å²) in [4.78, 5) is 23.7. The van der Waals surface area contributed by atoms with Gasteiger partial charge in [-0.05, 0) is 55.5 Å². The standard InChI is InChI=1S/C18H15F4NO5/c1-11(27-16(24)10-26-14-6-2-12(19)3-7-14)17(25)23-13-4-8-15(9-5-13)28-18(20,21)22/h2-9,11H,10H2,1H3,(H,23,25). The van der Waals surface area contributed by atoms with Crippen LogP contribution in [0.3, 0.4) is 0 Å². The molecule has 1 amide bonds. The normalized spacial score (nSPS) is 12.0. The van der Waals surface area contributed by atoms with E-state index in [0.717, 1.165) is 24.3 Å². The van der Waals surface area contributed by atoms with Crippen LogP contribution in [0.5, 0.6) is 11.5 Å². The lowest BCUT2D eigenvalue weighted by Crippen LogP contribution is -2.31. The first-order valence-corrected chi connectivity index (χ1v) is 7.87. The second kappa shape index (κ2) is 9.07. The van der Waals surface area contributed by atoms with Crippen molar-refractivity contribution in [2.24, 2.45) is 0 Å². The molecule has 1 atom stereocenters. The third-order valence-electron chi connectivity index (χ3n) is 3.20. The molecule has 0 aromatic heterocycles. The highest BCUT2D eigenvalue weighted by molar-refractivity contribution is 5.95. The maximum Gasteiger partial charge on any atom is 0.573 e. The Kier molecular flexibility index (Phi) is 6.80. The largest absolute Gasteiger partial charge is 0.573 e. The minimum atomic E-state index is -4.82. The summed E-state index contributed by atoms with van der Waals surface area (Å²) in [6.07, 6.45) is -6.00. The van der Waals surface area contributed by atoms with Crippen LogP contribution in [0.15, 0.2) is 48.5 Å². The summed E-state index contributed by atoms with van der Waals surface area (Å²) in [6, 6.07) is 9.41. The Labute approximate surface area is 157 Å². The smallest absolute Gasteiger partial charge is 0.482 e. The zero-order valence-electron chi connectivity index (χ0n) is 14.5. The Hall–Kier alpha value is -3.30. The van der Waals surface area contributed by atoms with Gasteiger partial charge in [0, 0.05) is 5.69 Å². The number of amides is 1. The van der Waals surface area contributed by atoms with E-state index in [0.29, 0.717) is 0 Å². The van der Waals surface area contributed by atoms with Crippen molar-refractivity contribution in [2.75, 3.05) is 11.9 Å². The van der Waals surface area contributed by atoms with E-state index in [9.17, 15) is 27.2 Å². The molecule has 0 aliphatic carbocycles. The van der Waals surface area contributed by atoms with Crippen LogP contribution >= 0.6 is 0 Å². The van der Waals surface area contributed by atoms with E-state index < -0.39 is 42.5 Å². The number of rotatable bonds is 7. The minimum Gasteiger partial charge on any atom is -0.482 e. The fourth-order valence-corrected chi connectivity index (χ4v) is 1.94. The van der Waals surface area contributed by atoms with Gasteiger partial charge >= 0.3 is 12.3 Å². The summed E-state index contributed by atoms with van der Waals surface area (Å²) in [5.41, 5.74) is 0.185. The molecule has 0 aliphatic rings. The molecular formula is C18H15F4NO5. The predicted octanol–water partition coefficient (Wildman–Crippen LogP) is 3.67. The molecule has 150 valence electrons. The van der Waals surface area contributed by atoms with Gasteiger partial charge < -0.3 is 19.5 Å². The Morgan fingerprint density at radius 2 is 1.57 bits per heavy atom. The van der Waals surface area contributed by atoms with Gasteiger partial charge in [-0.1, -0.05) is 0 Å². The first-order chi connectivity index (χ1) is 13.1. The summed E-state index contributed by atoms with van der Waals surface area (Å²) in [7, 11) is 0. The van der Waals surface area contributed by atoms with Crippen molar-refractivity contribution in [3.05, 3.63) is 54.3 Å². The molecule has 2 aromatic carbocycles. The van der Waals surface area contributed by atoms with Gasteiger partial charge in [0.05, 0.1) is 0 Å². The molecule has 2 rings (SSSR count). The number of carbonyl (C=O) groups is 2. The zero-order chi connectivity index (χ0) is 20.7.